The molecule has 2 aromatic carbocycles. The minimum Gasteiger partial charge on any atom is -0.493 e. The second kappa shape index (κ2) is 9.80. The van der Waals surface area contributed by atoms with Crippen molar-refractivity contribution in [2.45, 2.75) is 19.4 Å². The van der Waals surface area contributed by atoms with Crippen LogP contribution in [-0.4, -0.2) is 19.7 Å². The molecule has 1 atom stereocenters. The lowest BCUT2D eigenvalue weighted by Gasteiger charge is -2.14. The van der Waals surface area contributed by atoms with Gasteiger partial charge in [0, 0.05) is 6.04 Å². The average Bonchev–Trinajstić information content (AvgIpc) is 2.56. The monoisotopic (exact) mass is 351 g/mol. The molecule has 0 fully saturated rings. The van der Waals surface area contributed by atoms with Gasteiger partial charge in [0.1, 0.15) is 5.75 Å². The second-order valence-electron chi connectivity index (χ2n) is 4.94. The third-order valence-corrected chi connectivity index (χ3v) is 3.28. The van der Waals surface area contributed by atoms with Crippen molar-refractivity contribution in [3.05, 3.63) is 54.1 Å². The summed E-state index contributed by atoms with van der Waals surface area (Å²) in [4.78, 5) is 11.5. The molecule has 0 aliphatic rings. The lowest BCUT2D eigenvalue weighted by molar-refractivity contribution is -0.143. The van der Waals surface area contributed by atoms with Crippen LogP contribution in [0.2, 0.25) is 0 Å². The number of carbonyl (C=O) groups excluding carboxylic acids is 1. The lowest BCUT2D eigenvalue weighted by atomic mass is 10.0. The van der Waals surface area contributed by atoms with Gasteiger partial charge in [0.2, 0.25) is 0 Å². The Morgan fingerprint density at radius 3 is 2.50 bits per heavy atom. The van der Waals surface area contributed by atoms with E-state index in [1.807, 2.05) is 48.5 Å². The summed E-state index contributed by atoms with van der Waals surface area (Å²) in [6.07, 6.45) is 0.131. The van der Waals surface area contributed by atoms with Gasteiger partial charge in [-0.1, -0.05) is 24.3 Å². The van der Waals surface area contributed by atoms with Crippen molar-refractivity contribution < 1.29 is 19.0 Å². The lowest BCUT2D eigenvalue weighted by Crippen LogP contribution is -2.17. The molecule has 0 saturated carbocycles. The SMILES string of the molecule is CCOC(=O)CC(N)c1cccc(Oc2ccccc2OC)c1.Cl. The fourth-order valence-electron chi connectivity index (χ4n) is 2.16. The van der Waals surface area contributed by atoms with E-state index < -0.39 is 6.04 Å². The molecule has 2 rings (SSSR count). The highest BCUT2D eigenvalue weighted by molar-refractivity contribution is 5.85. The molecule has 0 bridgehead atoms. The highest BCUT2D eigenvalue weighted by atomic mass is 35.5. The smallest absolute Gasteiger partial charge is 0.307 e. The molecular formula is C18H22ClNO4. The van der Waals surface area contributed by atoms with Crippen molar-refractivity contribution in [3.63, 3.8) is 0 Å². The first-order valence-electron chi connectivity index (χ1n) is 7.46. The minimum atomic E-state index is -0.435. The van der Waals surface area contributed by atoms with E-state index >= 15 is 0 Å². The Balaban J connectivity index is 0.00000288. The number of para-hydroxylation sites is 2. The number of carbonyl (C=O) groups is 1. The Morgan fingerprint density at radius 1 is 1.12 bits per heavy atom. The summed E-state index contributed by atoms with van der Waals surface area (Å²) >= 11 is 0. The quantitative estimate of drug-likeness (QED) is 0.767. The Hall–Kier alpha value is -2.24. The number of rotatable bonds is 7. The highest BCUT2D eigenvalue weighted by Gasteiger charge is 2.13. The second-order valence-corrected chi connectivity index (χ2v) is 4.94. The zero-order valence-corrected chi connectivity index (χ0v) is 14.5. The van der Waals surface area contributed by atoms with Gasteiger partial charge in [-0.05, 0) is 36.8 Å². The number of methoxy groups -OCH3 is 1. The number of ether oxygens (including phenoxy) is 3. The van der Waals surface area contributed by atoms with Crippen LogP contribution in [0.3, 0.4) is 0 Å². The minimum absolute atomic E-state index is 0. The molecule has 1 unspecified atom stereocenters. The van der Waals surface area contributed by atoms with E-state index in [1.165, 1.54) is 0 Å². The third-order valence-electron chi connectivity index (χ3n) is 3.28. The van der Waals surface area contributed by atoms with Gasteiger partial charge in [-0.25, -0.2) is 0 Å². The Kier molecular flexibility index (Phi) is 8.09. The van der Waals surface area contributed by atoms with E-state index in [0.29, 0.717) is 23.9 Å². The van der Waals surface area contributed by atoms with E-state index in [9.17, 15) is 4.79 Å². The number of benzene rings is 2. The molecule has 6 heteroatoms. The molecule has 24 heavy (non-hydrogen) atoms. The molecule has 130 valence electrons. The van der Waals surface area contributed by atoms with Crippen molar-refractivity contribution in [2.75, 3.05) is 13.7 Å². The molecule has 0 aliphatic heterocycles. The van der Waals surface area contributed by atoms with Crippen molar-refractivity contribution >= 4 is 18.4 Å². The van der Waals surface area contributed by atoms with Crippen molar-refractivity contribution in [1.29, 1.82) is 0 Å². The molecule has 2 N–H and O–H groups in total. The van der Waals surface area contributed by atoms with E-state index in [4.69, 9.17) is 19.9 Å². The topological polar surface area (TPSA) is 70.8 Å². The van der Waals surface area contributed by atoms with Crippen LogP contribution in [0.1, 0.15) is 24.9 Å². The summed E-state index contributed by atoms with van der Waals surface area (Å²) in [5, 5.41) is 0. The Bertz CT molecular complexity index is 663. The maximum absolute atomic E-state index is 11.5. The molecule has 0 saturated heterocycles. The van der Waals surface area contributed by atoms with Crippen LogP contribution in [0.5, 0.6) is 17.2 Å². The van der Waals surface area contributed by atoms with Crippen LogP contribution >= 0.6 is 12.4 Å². The first kappa shape index (κ1) is 19.8. The van der Waals surface area contributed by atoms with E-state index in [1.54, 1.807) is 14.0 Å². The fraction of sp³-hybridized carbons (Fsp3) is 0.278. The van der Waals surface area contributed by atoms with Crippen molar-refractivity contribution in [1.82, 2.24) is 0 Å². The largest absolute Gasteiger partial charge is 0.493 e. The summed E-state index contributed by atoms with van der Waals surface area (Å²) < 4.78 is 16.0. The van der Waals surface area contributed by atoms with Gasteiger partial charge in [-0.15, -0.1) is 12.4 Å². The van der Waals surface area contributed by atoms with Crippen molar-refractivity contribution in [2.24, 2.45) is 5.73 Å². The predicted octanol–water partition coefficient (Wildman–Crippen LogP) is 3.86. The van der Waals surface area contributed by atoms with Crippen molar-refractivity contribution in [3.8, 4) is 17.2 Å². The molecule has 0 aromatic heterocycles. The fourth-order valence-corrected chi connectivity index (χ4v) is 2.16. The summed E-state index contributed by atoms with van der Waals surface area (Å²) in [7, 11) is 1.59. The number of esters is 1. The van der Waals surface area contributed by atoms with Crippen LogP contribution in [0, 0.1) is 0 Å². The van der Waals surface area contributed by atoms with Crippen LogP contribution in [0.15, 0.2) is 48.5 Å². The summed E-state index contributed by atoms with van der Waals surface area (Å²) in [5.74, 6) is 1.59. The number of hydrogen-bond donors (Lipinski definition) is 1. The number of hydrogen-bond acceptors (Lipinski definition) is 5. The summed E-state index contributed by atoms with van der Waals surface area (Å²) in [5.41, 5.74) is 6.87. The molecule has 0 aliphatic carbocycles. The Labute approximate surface area is 148 Å². The highest BCUT2D eigenvalue weighted by Crippen LogP contribution is 2.31. The third kappa shape index (κ3) is 5.44. The van der Waals surface area contributed by atoms with Gasteiger partial charge in [0.15, 0.2) is 11.5 Å². The van der Waals surface area contributed by atoms with Gasteiger partial charge in [-0.2, -0.15) is 0 Å². The average molecular weight is 352 g/mol. The van der Waals surface area contributed by atoms with E-state index in [-0.39, 0.29) is 24.8 Å². The molecule has 5 nitrogen and oxygen atoms in total. The first-order chi connectivity index (χ1) is 11.1. The van der Waals surface area contributed by atoms with Gasteiger partial charge < -0.3 is 19.9 Å². The van der Waals surface area contributed by atoms with E-state index in [0.717, 1.165) is 5.56 Å². The maximum atomic E-state index is 11.5. The van der Waals surface area contributed by atoms with Crippen LogP contribution < -0.4 is 15.2 Å². The summed E-state index contributed by atoms with van der Waals surface area (Å²) in [6, 6.07) is 14.3. The molecule has 0 amide bonds. The standard InChI is InChI=1S/C18H21NO4.ClH/c1-3-22-18(20)12-15(19)13-7-6-8-14(11-13)23-17-10-5-4-9-16(17)21-2;/h4-11,15H,3,12,19H2,1-2H3;1H. The number of halogens is 1. The summed E-state index contributed by atoms with van der Waals surface area (Å²) in [6.45, 7) is 2.12. The zero-order valence-electron chi connectivity index (χ0n) is 13.7. The van der Waals surface area contributed by atoms with Gasteiger partial charge in [0.05, 0.1) is 20.1 Å². The molecule has 0 spiro atoms. The molecular weight excluding hydrogens is 330 g/mol. The van der Waals surface area contributed by atoms with E-state index in [2.05, 4.69) is 0 Å². The maximum Gasteiger partial charge on any atom is 0.307 e. The molecule has 0 heterocycles. The van der Waals surface area contributed by atoms with Gasteiger partial charge >= 0.3 is 5.97 Å². The van der Waals surface area contributed by atoms with Crippen LogP contribution in [-0.2, 0) is 9.53 Å². The number of nitrogens with two attached hydrogens (primary N) is 1. The molecule has 2 aromatic rings. The van der Waals surface area contributed by atoms with Crippen LogP contribution in [0.4, 0.5) is 0 Å². The van der Waals surface area contributed by atoms with Gasteiger partial charge in [0.25, 0.3) is 0 Å². The zero-order chi connectivity index (χ0) is 16.7. The normalized spacial score (nSPS) is 11.1. The van der Waals surface area contributed by atoms with Crippen LogP contribution in [0.25, 0.3) is 0 Å². The molecule has 0 radical (unpaired) electrons. The predicted molar refractivity (Wildman–Crippen MR) is 94.9 cm³/mol. The first-order valence-corrected chi connectivity index (χ1v) is 7.46. The Morgan fingerprint density at radius 2 is 1.83 bits per heavy atom. The van der Waals surface area contributed by atoms with Gasteiger partial charge in [-0.3, -0.25) is 4.79 Å².